The van der Waals surface area contributed by atoms with Gasteiger partial charge in [-0.3, -0.25) is 0 Å². The molecule has 104 valence electrons. The van der Waals surface area contributed by atoms with Crippen molar-refractivity contribution in [2.75, 3.05) is 18.5 Å². The molecule has 0 aromatic carbocycles. The molecule has 2 unspecified atom stereocenters. The van der Waals surface area contributed by atoms with Gasteiger partial charge >= 0.3 is 5.97 Å². The summed E-state index contributed by atoms with van der Waals surface area (Å²) >= 11 is 0. The van der Waals surface area contributed by atoms with Crippen molar-refractivity contribution < 1.29 is 15.0 Å². The number of carboxylic acids is 1. The van der Waals surface area contributed by atoms with Crippen LogP contribution in [-0.4, -0.2) is 34.3 Å². The van der Waals surface area contributed by atoms with Gasteiger partial charge in [-0.1, -0.05) is 6.42 Å². The van der Waals surface area contributed by atoms with Gasteiger partial charge in [0.25, 0.3) is 0 Å². The van der Waals surface area contributed by atoms with Crippen molar-refractivity contribution >= 4 is 11.8 Å². The minimum atomic E-state index is -0.960. The Morgan fingerprint density at radius 1 is 1.47 bits per heavy atom. The van der Waals surface area contributed by atoms with Crippen molar-refractivity contribution in [2.45, 2.75) is 26.2 Å². The van der Waals surface area contributed by atoms with Gasteiger partial charge in [0.2, 0.25) is 0 Å². The van der Waals surface area contributed by atoms with Gasteiger partial charge in [0.05, 0.1) is 0 Å². The van der Waals surface area contributed by atoms with Gasteiger partial charge in [-0.15, -0.1) is 0 Å². The Kier molecular flexibility index (Phi) is 4.37. The molecule has 2 rings (SSSR count). The van der Waals surface area contributed by atoms with E-state index in [1.165, 1.54) is 0 Å². The molecule has 1 aliphatic carbocycles. The van der Waals surface area contributed by atoms with Gasteiger partial charge in [0, 0.05) is 19.3 Å². The second kappa shape index (κ2) is 6.02. The number of aliphatic hydroxyl groups is 1. The van der Waals surface area contributed by atoms with E-state index in [4.69, 9.17) is 0 Å². The average molecular weight is 264 g/mol. The molecular weight excluding hydrogens is 244 g/mol. The van der Waals surface area contributed by atoms with Gasteiger partial charge in [0.15, 0.2) is 0 Å². The minimum Gasteiger partial charge on any atom is -0.478 e. The van der Waals surface area contributed by atoms with Crippen LogP contribution in [0.25, 0.3) is 0 Å². The molecule has 0 bridgehead atoms. The molecule has 1 heterocycles. The number of rotatable bonds is 5. The lowest BCUT2D eigenvalue weighted by atomic mass is 9.97. The van der Waals surface area contributed by atoms with Crippen LogP contribution in [0, 0.1) is 18.8 Å². The first-order chi connectivity index (χ1) is 9.13. The lowest BCUT2D eigenvalue weighted by Crippen LogP contribution is -2.22. The Hall–Kier alpha value is -1.62. The van der Waals surface area contributed by atoms with Crippen LogP contribution in [0.2, 0.25) is 0 Å². The van der Waals surface area contributed by atoms with E-state index in [1.807, 2.05) is 0 Å². The molecule has 3 N–H and O–H groups in total. The SMILES string of the molecule is Cc1ccnc(NCC2CCCC2CO)c1C(=O)O. The number of aliphatic hydroxyl groups excluding tert-OH is 1. The second-order valence-electron chi connectivity index (χ2n) is 5.17. The minimum absolute atomic E-state index is 0.208. The number of carboxylic acid groups (broad SMARTS) is 1. The molecule has 1 aromatic heterocycles. The maximum Gasteiger partial charge on any atom is 0.339 e. The predicted octanol–water partition coefficient (Wildman–Crippen LogP) is 1.91. The number of hydrogen-bond donors (Lipinski definition) is 3. The van der Waals surface area contributed by atoms with Crippen molar-refractivity contribution in [3.8, 4) is 0 Å². The highest BCUT2D eigenvalue weighted by atomic mass is 16.4. The molecule has 19 heavy (non-hydrogen) atoms. The first-order valence-electron chi connectivity index (χ1n) is 6.67. The Morgan fingerprint density at radius 2 is 2.21 bits per heavy atom. The summed E-state index contributed by atoms with van der Waals surface area (Å²) in [5, 5.41) is 21.6. The molecule has 0 saturated heterocycles. The summed E-state index contributed by atoms with van der Waals surface area (Å²) in [5.41, 5.74) is 0.941. The van der Waals surface area contributed by atoms with E-state index in [0.717, 1.165) is 19.3 Å². The lowest BCUT2D eigenvalue weighted by molar-refractivity contribution is 0.0696. The van der Waals surface area contributed by atoms with E-state index >= 15 is 0 Å². The molecule has 0 amide bonds. The standard InChI is InChI=1S/C14H20N2O3/c1-9-5-6-15-13(12(9)14(18)19)16-7-10-3-2-4-11(10)8-17/h5-6,10-11,17H,2-4,7-8H2,1H3,(H,15,16)(H,18,19). The van der Waals surface area contributed by atoms with Gasteiger partial charge in [-0.25, -0.2) is 9.78 Å². The number of hydrogen-bond acceptors (Lipinski definition) is 4. The van der Waals surface area contributed by atoms with E-state index in [-0.39, 0.29) is 12.2 Å². The highest BCUT2D eigenvalue weighted by molar-refractivity contribution is 5.94. The first-order valence-corrected chi connectivity index (χ1v) is 6.67. The number of nitrogens with zero attached hydrogens (tertiary/aromatic N) is 1. The van der Waals surface area contributed by atoms with Crippen LogP contribution in [-0.2, 0) is 0 Å². The molecule has 0 aliphatic heterocycles. The van der Waals surface area contributed by atoms with Crippen LogP contribution in [0.5, 0.6) is 0 Å². The third-order valence-electron chi connectivity index (χ3n) is 3.96. The smallest absolute Gasteiger partial charge is 0.339 e. The van der Waals surface area contributed by atoms with E-state index in [1.54, 1.807) is 19.2 Å². The molecule has 1 fully saturated rings. The number of carbonyl (C=O) groups is 1. The van der Waals surface area contributed by atoms with Crippen molar-refractivity contribution in [1.82, 2.24) is 4.98 Å². The molecule has 5 heteroatoms. The lowest BCUT2D eigenvalue weighted by Gasteiger charge is -2.19. The number of aryl methyl sites for hydroxylation is 1. The summed E-state index contributed by atoms with van der Waals surface area (Å²) in [6.07, 6.45) is 4.87. The Morgan fingerprint density at radius 3 is 2.89 bits per heavy atom. The van der Waals surface area contributed by atoms with E-state index in [9.17, 15) is 15.0 Å². The zero-order chi connectivity index (χ0) is 13.8. The third kappa shape index (κ3) is 3.04. The highest BCUT2D eigenvalue weighted by Gasteiger charge is 2.26. The summed E-state index contributed by atoms with van der Waals surface area (Å²) in [4.78, 5) is 15.4. The maximum absolute atomic E-state index is 11.2. The highest BCUT2D eigenvalue weighted by Crippen LogP contribution is 2.31. The van der Waals surface area contributed by atoms with Crippen LogP contribution in [0.15, 0.2) is 12.3 Å². The zero-order valence-electron chi connectivity index (χ0n) is 11.1. The predicted molar refractivity (Wildman–Crippen MR) is 72.3 cm³/mol. The molecule has 0 spiro atoms. The van der Waals surface area contributed by atoms with Gasteiger partial charge < -0.3 is 15.5 Å². The Balaban J connectivity index is 2.07. The van der Waals surface area contributed by atoms with Gasteiger partial charge in [-0.05, 0) is 43.2 Å². The number of anilines is 1. The number of aromatic nitrogens is 1. The largest absolute Gasteiger partial charge is 0.478 e. The second-order valence-corrected chi connectivity index (χ2v) is 5.17. The Labute approximate surface area is 112 Å². The fraction of sp³-hybridized carbons (Fsp3) is 0.571. The molecular formula is C14H20N2O3. The third-order valence-corrected chi connectivity index (χ3v) is 3.96. The molecule has 2 atom stereocenters. The van der Waals surface area contributed by atoms with Crippen LogP contribution >= 0.6 is 0 Å². The zero-order valence-corrected chi connectivity index (χ0v) is 11.1. The van der Waals surface area contributed by atoms with Crippen LogP contribution in [0.3, 0.4) is 0 Å². The normalized spacial score (nSPS) is 22.4. The monoisotopic (exact) mass is 264 g/mol. The fourth-order valence-electron chi connectivity index (χ4n) is 2.81. The number of aromatic carboxylic acids is 1. The average Bonchev–Trinajstić information content (AvgIpc) is 2.83. The fourth-order valence-corrected chi connectivity index (χ4v) is 2.81. The maximum atomic E-state index is 11.2. The van der Waals surface area contributed by atoms with Crippen molar-refractivity contribution in [1.29, 1.82) is 0 Å². The summed E-state index contributed by atoms with van der Waals surface area (Å²) in [6.45, 7) is 2.64. The quantitative estimate of drug-likeness (QED) is 0.756. The van der Waals surface area contributed by atoms with Crippen molar-refractivity contribution in [2.24, 2.45) is 11.8 Å². The van der Waals surface area contributed by atoms with Crippen LogP contribution in [0.4, 0.5) is 5.82 Å². The number of nitrogens with one attached hydrogen (secondary N) is 1. The van der Waals surface area contributed by atoms with Gasteiger partial charge in [0.1, 0.15) is 11.4 Å². The van der Waals surface area contributed by atoms with Crippen molar-refractivity contribution in [3.63, 3.8) is 0 Å². The molecule has 1 aliphatic rings. The van der Waals surface area contributed by atoms with Crippen LogP contribution < -0.4 is 5.32 Å². The van der Waals surface area contributed by atoms with E-state index < -0.39 is 5.97 Å². The summed E-state index contributed by atoms with van der Waals surface area (Å²) in [7, 11) is 0. The number of pyridine rings is 1. The topological polar surface area (TPSA) is 82.5 Å². The van der Waals surface area contributed by atoms with E-state index in [0.29, 0.717) is 29.8 Å². The molecule has 5 nitrogen and oxygen atoms in total. The molecule has 1 aromatic rings. The van der Waals surface area contributed by atoms with Crippen molar-refractivity contribution in [3.05, 3.63) is 23.4 Å². The van der Waals surface area contributed by atoms with Gasteiger partial charge in [-0.2, -0.15) is 0 Å². The molecule has 0 radical (unpaired) electrons. The molecule has 1 saturated carbocycles. The summed E-state index contributed by atoms with van der Waals surface area (Å²) in [6, 6.07) is 1.70. The Bertz CT molecular complexity index is 462. The first kappa shape index (κ1) is 13.8. The summed E-state index contributed by atoms with van der Waals surface area (Å²) < 4.78 is 0. The summed E-state index contributed by atoms with van der Waals surface area (Å²) in [5.74, 6) is 0.189. The van der Waals surface area contributed by atoms with Crippen LogP contribution in [0.1, 0.15) is 35.2 Å². The van der Waals surface area contributed by atoms with E-state index in [2.05, 4.69) is 10.3 Å².